The number of unbranched alkanes of at least 4 members (excludes halogenated alkanes) is 2. The van der Waals surface area contributed by atoms with E-state index in [9.17, 15) is 13.2 Å². The maximum atomic E-state index is 13.0. The molecular weight excluding hydrogens is 540 g/mol. The number of sulfonamides is 1. The second-order valence-corrected chi connectivity index (χ2v) is 11.0. The molecule has 1 aliphatic heterocycles. The summed E-state index contributed by atoms with van der Waals surface area (Å²) in [6.07, 6.45) is 4.83. The van der Waals surface area contributed by atoms with Gasteiger partial charge >= 0.3 is 0 Å². The molecule has 0 aliphatic carbocycles. The minimum atomic E-state index is -3.97. The first-order valence-corrected chi connectivity index (χ1v) is 14.0. The number of rotatable bonds is 10. The van der Waals surface area contributed by atoms with E-state index in [4.69, 9.17) is 9.47 Å². The summed E-state index contributed by atoms with van der Waals surface area (Å²) >= 11 is 4.33. The highest BCUT2D eigenvalue weighted by Crippen LogP contribution is 2.35. The Morgan fingerprint density at radius 2 is 1.82 bits per heavy atom. The molecule has 1 amide bonds. The summed E-state index contributed by atoms with van der Waals surface area (Å²) in [6.45, 7) is 4.78. The highest BCUT2D eigenvalue weighted by atomic mass is 79.9. The van der Waals surface area contributed by atoms with Crippen molar-refractivity contribution in [3.63, 3.8) is 0 Å². The van der Waals surface area contributed by atoms with E-state index in [0.29, 0.717) is 29.6 Å². The van der Waals surface area contributed by atoms with Crippen LogP contribution in [0.15, 0.2) is 61.1 Å². The fraction of sp³-hybridized carbons (Fsp3) is 0.333. The molecule has 1 heterocycles. The van der Waals surface area contributed by atoms with E-state index >= 15 is 0 Å². The molecule has 0 N–H and O–H groups in total. The number of carbonyl (C=O) groups is 1. The van der Waals surface area contributed by atoms with Crippen LogP contribution in [-0.2, 0) is 14.8 Å². The largest absolute Gasteiger partial charge is 0.493 e. The number of carbonyl (C=O) groups excluding carboxylic acids is 1. The first-order valence-electron chi connectivity index (χ1n) is 10.9. The van der Waals surface area contributed by atoms with Gasteiger partial charge in [0.15, 0.2) is 16.7 Å². The van der Waals surface area contributed by atoms with Gasteiger partial charge in [-0.25, -0.2) is 0 Å². The smallest absolute Gasteiger partial charge is 0.284 e. The molecule has 0 bridgehead atoms. The molecular formula is C24H27BrN2O5S2. The molecule has 0 saturated carbocycles. The van der Waals surface area contributed by atoms with E-state index in [1.54, 1.807) is 38.3 Å². The molecule has 2 aromatic rings. The summed E-state index contributed by atoms with van der Waals surface area (Å²) in [5.41, 5.74) is 0.746. The molecule has 0 aromatic heterocycles. The van der Waals surface area contributed by atoms with E-state index in [1.165, 1.54) is 17.0 Å². The van der Waals surface area contributed by atoms with Gasteiger partial charge in [-0.3, -0.25) is 9.69 Å². The quantitative estimate of drug-likeness (QED) is 0.270. The van der Waals surface area contributed by atoms with Crippen LogP contribution in [0.5, 0.6) is 11.5 Å². The molecule has 2 aromatic carbocycles. The second-order valence-electron chi connectivity index (χ2n) is 7.43. The van der Waals surface area contributed by atoms with Crippen molar-refractivity contribution in [3.05, 3.63) is 57.4 Å². The molecule has 7 nitrogen and oxygen atoms in total. The molecule has 0 unspecified atom stereocenters. The van der Waals surface area contributed by atoms with Crippen LogP contribution in [0.25, 0.3) is 6.08 Å². The van der Waals surface area contributed by atoms with Gasteiger partial charge in [-0.05, 0) is 73.1 Å². The molecule has 1 aliphatic rings. The highest BCUT2D eigenvalue weighted by Gasteiger charge is 2.34. The SMILES string of the molecule is CCCCCOc1cc(C=C2SC(=NS(=O)(=O)c3ccc(Br)cc3)N(CC)C2=O)ccc1OC. The Balaban J connectivity index is 1.88. The number of amides is 1. The Labute approximate surface area is 213 Å². The summed E-state index contributed by atoms with van der Waals surface area (Å²) in [6, 6.07) is 11.6. The lowest BCUT2D eigenvalue weighted by atomic mass is 10.2. The Morgan fingerprint density at radius 3 is 2.47 bits per heavy atom. The zero-order chi connectivity index (χ0) is 24.7. The number of methoxy groups -OCH3 is 1. The Kier molecular flexibility index (Phi) is 9.21. The highest BCUT2D eigenvalue weighted by molar-refractivity contribution is 9.10. The molecule has 182 valence electrons. The molecule has 3 rings (SSSR count). The van der Waals surface area contributed by atoms with Crippen LogP contribution in [0.2, 0.25) is 0 Å². The maximum Gasteiger partial charge on any atom is 0.284 e. The van der Waals surface area contributed by atoms with Crippen molar-refractivity contribution in [2.45, 2.75) is 38.0 Å². The van der Waals surface area contributed by atoms with Gasteiger partial charge in [-0.15, -0.1) is 4.40 Å². The topological polar surface area (TPSA) is 85.3 Å². The van der Waals surface area contributed by atoms with Crippen molar-refractivity contribution in [3.8, 4) is 11.5 Å². The van der Waals surface area contributed by atoms with Crippen molar-refractivity contribution < 1.29 is 22.7 Å². The monoisotopic (exact) mass is 566 g/mol. The van der Waals surface area contributed by atoms with Gasteiger partial charge in [0.1, 0.15) is 0 Å². The minimum absolute atomic E-state index is 0.0600. The number of nitrogens with zero attached hydrogens (tertiary/aromatic N) is 2. The van der Waals surface area contributed by atoms with E-state index < -0.39 is 10.0 Å². The van der Waals surface area contributed by atoms with Crippen molar-refractivity contribution in [2.75, 3.05) is 20.3 Å². The van der Waals surface area contributed by atoms with Crippen LogP contribution in [0.4, 0.5) is 0 Å². The Hall–Kier alpha value is -2.30. The fourth-order valence-electron chi connectivity index (χ4n) is 3.20. The van der Waals surface area contributed by atoms with Gasteiger partial charge in [-0.1, -0.05) is 41.8 Å². The molecule has 1 saturated heterocycles. The molecule has 0 radical (unpaired) electrons. The van der Waals surface area contributed by atoms with Gasteiger partial charge in [-0.2, -0.15) is 8.42 Å². The van der Waals surface area contributed by atoms with Crippen LogP contribution >= 0.6 is 27.7 Å². The van der Waals surface area contributed by atoms with Crippen LogP contribution in [-0.4, -0.2) is 44.7 Å². The Bertz CT molecular complexity index is 1190. The predicted octanol–water partition coefficient (Wildman–Crippen LogP) is 5.71. The summed E-state index contributed by atoms with van der Waals surface area (Å²) in [5.74, 6) is 0.919. The number of ether oxygens (including phenoxy) is 2. The number of thioether (sulfide) groups is 1. The average Bonchev–Trinajstić information content (AvgIpc) is 3.10. The lowest BCUT2D eigenvalue weighted by Crippen LogP contribution is -2.29. The van der Waals surface area contributed by atoms with Crippen LogP contribution < -0.4 is 9.47 Å². The standard InChI is InChI=1S/C24H27BrN2O5S2/c1-4-6-7-14-32-21-15-17(8-13-20(21)31-3)16-22-23(28)27(5-2)24(33-22)26-34(29,30)19-11-9-18(25)10-12-19/h8-13,15-16H,4-7,14H2,1-3H3. The third-order valence-electron chi connectivity index (χ3n) is 5.00. The second kappa shape index (κ2) is 11.9. The zero-order valence-corrected chi connectivity index (χ0v) is 22.5. The first kappa shape index (κ1) is 26.3. The number of hydrogen-bond acceptors (Lipinski definition) is 6. The third-order valence-corrected chi connectivity index (χ3v) is 7.94. The van der Waals surface area contributed by atoms with Crippen LogP contribution in [0, 0.1) is 0 Å². The van der Waals surface area contributed by atoms with E-state index in [2.05, 4.69) is 27.3 Å². The zero-order valence-electron chi connectivity index (χ0n) is 19.3. The maximum absolute atomic E-state index is 13.0. The van der Waals surface area contributed by atoms with Crippen molar-refractivity contribution in [1.82, 2.24) is 4.90 Å². The molecule has 34 heavy (non-hydrogen) atoms. The van der Waals surface area contributed by atoms with Crippen molar-refractivity contribution >= 4 is 54.9 Å². The molecule has 10 heteroatoms. The number of benzene rings is 2. The fourth-order valence-corrected chi connectivity index (χ4v) is 5.71. The van der Waals surface area contributed by atoms with Gasteiger partial charge in [0, 0.05) is 11.0 Å². The number of hydrogen-bond donors (Lipinski definition) is 0. The van der Waals surface area contributed by atoms with E-state index in [0.717, 1.165) is 41.1 Å². The predicted molar refractivity (Wildman–Crippen MR) is 140 cm³/mol. The van der Waals surface area contributed by atoms with E-state index in [1.807, 2.05) is 12.1 Å². The molecule has 0 atom stereocenters. The van der Waals surface area contributed by atoms with Crippen LogP contribution in [0.1, 0.15) is 38.7 Å². The third kappa shape index (κ3) is 6.43. The van der Waals surface area contributed by atoms with Gasteiger partial charge in [0.25, 0.3) is 15.9 Å². The summed E-state index contributed by atoms with van der Waals surface area (Å²) < 4.78 is 41.6. The van der Waals surface area contributed by atoms with Crippen LogP contribution in [0.3, 0.4) is 0 Å². The number of amidine groups is 1. The number of halogens is 1. The Morgan fingerprint density at radius 1 is 1.09 bits per heavy atom. The lowest BCUT2D eigenvalue weighted by Gasteiger charge is -2.12. The molecule has 1 fully saturated rings. The number of likely N-dealkylation sites (N-methyl/N-ethyl adjacent to an activating group) is 1. The lowest BCUT2D eigenvalue weighted by molar-refractivity contribution is -0.122. The first-order chi connectivity index (χ1) is 16.3. The van der Waals surface area contributed by atoms with E-state index in [-0.39, 0.29) is 16.0 Å². The van der Waals surface area contributed by atoms with Crippen molar-refractivity contribution in [2.24, 2.45) is 4.40 Å². The summed E-state index contributed by atoms with van der Waals surface area (Å²) in [4.78, 5) is 14.8. The van der Waals surface area contributed by atoms with Crippen molar-refractivity contribution in [1.29, 1.82) is 0 Å². The average molecular weight is 568 g/mol. The normalized spacial score (nSPS) is 16.5. The van der Waals surface area contributed by atoms with Gasteiger partial charge in [0.2, 0.25) is 0 Å². The molecule has 0 spiro atoms. The van der Waals surface area contributed by atoms with Gasteiger partial charge < -0.3 is 9.47 Å². The summed E-state index contributed by atoms with van der Waals surface area (Å²) in [7, 11) is -2.39. The minimum Gasteiger partial charge on any atom is -0.493 e. The van der Waals surface area contributed by atoms with Gasteiger partial charge in [0.05, 0.1) is 23.5 Å². The summed E-state index contributed by atoms with van der Waals surface area (Å²) in [5, 5.41) is 0.131.